The number of hydrogen-bond acceptors (Lipinski definition) is 5. The number of nitrogens with zero attached hydrogens (tertiary/aromatic N) is 5. The molecule has 3 heterocycles. The van der Waals surface area contributed by atoms with E-state index in [2.05, 4.69) is 15.0 Å². The van der Waals surface area contributed by atoms with Gasteiger partial charge < -0.3 is 9.80 Å². The van der Waals surface area contributed by atoms with E-state index >= 15 is 0 Å². The molecule has 2 aromatic heterocycles. The molecule has 0 aliphatic carbocycles. The molecule has 1 amide bonds. The van der Waals surface area contributed by atoms with Crippen molar-refractivity contribution in [1.29, 1.82) is 0 Å². The Bertz CT molecular complexity index is 719. The van der Waals surface area contributed by atoms with Crippen molar-refractivity contribution < 1.29 is 4.79 Å². The van der Waals surface area contributed by atoms with Gasteiger partial charge in [0.2, 0.25) is 5.91 Å². The first-order chi connectivity index (χ1) is 12.6. The molecule has 0 aromatic carbocycles. The number of likely N-dealkylation sites (tertiary alicyclic amines) is 1. The van der Waals surface area contributed by atoms with Gasteiger partial charge in [0.25, 0.3) is 0 Å². The molecule has 3 rings (SSSR count). The molecule has 1 aliphatic heterocycles. The van der Waals surface area contributed by atoms with E-state index in [0.29, 0.717) is 12.3 Å². The lowest BCUT2D eigenvalue weighted by atomic mass is 9.92. The summed E-state index contributed by atoms with van der Waals surface area (Å²) in [7, 11) is 3.98. The minimum atomic E-state index is 0.241. The minimum Gasteiger partial charge on any atom is -0.361 e. The summed E-state index contributed by atoms with van der Waals surface area (Å²) in [5.41, 5.74) is 2.14. The van der Waals surface area contributed by atoms with Gasteiger partial charge in [-0.3, -0.25) is 14.8 Å². The van der Waals surface area contributed by atoms with Gasteiger partial charge in [0.1, 0.15) is 5.82 Å². The zero-order valence-electron chi connectivity index (χ0n) is 15.6. The normalized spacial score (nSPS) is 17.2. The van der Waals surface area contributed by atoms with Crippen LogP contribution in [0.1, 0.15) is 30.5 Å². The van der Waals surface area contributed by atoms with Crippen molar-refractivity contribution in [3.8, 4) is 0 Å². The lowest BCUT2D eigenvalue weighted by Crippen LogP contribution is -2.40. The Morgan fingerprint density at radius 2 is 2.12 bits per heavy atom. The van der Waals surface area contributed by atoms with E-state index in [0.717, 1.165) is 55.8 Å². The molecule has 1 saturated heterocycles. The Hall–Kier alpha value is -2.50. The molecule has 0 saturated carbocycles. The van der Waals surface area contributed by atoms with Crippen molar-refractivity contribution in [2.75, 3.05) is 32.1 Å². The second-order valence-electron chi connectivity index (χ2n) is 7.13. The van der Waals surface area contributed by atoms with E-state index in [1.54, 1.807) is 18.6 Å². The fourth-order valence-corrected chi connectivity index (χ4v) is 3.56. The SMILES string of the molecule is CN(C)c1nccnc1C[C@H]1CCCN(C(=O)CCc2cccnc2)C1. The summed E-state index contributed by atoms with van der Waals surface area (Å²) in [6.07, 6.45) is 11.4. The summed E-state index contributed by atoms with van der Waals surface area (Å²) in [5, 5.41) is 0. The standard InChI is InChI=1S/C20H27N5O/c1-24(2)20-18(22-10-11-23-20)13-17-6-4-12-25(15-17)19(26)8-7-16-5-3-9-21-14-16/h3,5,9-11,14,17H,4,6-8,12-13,15H2,1-2H3/t17-/m1/s1. The van der Waals surface area contributed by atoms with Crippen LogP contribution in [0, 0.1) is 5.92 Å². The molecule has 0 bridgehead atoms. The first kappa shape index (κ1) is 18.3. The van der Waals surface area contributed by atoms with Crippen LogP contribution < -0.4 is 4.90 Å². The molecule has 2 aromatic rings. The highest BCUT2D eigenvalue weighted by Gasteiger charge is 2.25. The average Bonchev–Trinajstić information content (AvgIpc) is 2.67. The Balaban J connectivity index is 1.56. The van der Waals surface area contributed by atoms with Crippen LogP contribution in [0.15, 0.2) is 36.9 Å². The van der Waals surface area contributed by atoms with Crippen molar-refractivity contribution in [2.45, 2.75) is 32.1 Å². The van der Waals surface area contributed by atoms with Gasteiger partial charge in [-0.15, -0.1) is 0 Å². The zero-order chi connectivity index (χ0) is 18.4. The number of carbonyl (C=O) groups excluding carboxylic acids is 1. The first-order valence-electron chi connectivity index (χ1n) is 9.27. The summed E-state index contributed by atoms with van der Waals surface area (Å²) < 4.78 is 0. The summed E-state index contributed by atoms with van der Waals surface area (Å²) in [6.45, 7) is 1.68. The number of piperidine rings is 1. The maximum absolute atomic E-state index is 12.6. The number of aryl methyl sites for hydroxylation is 1. The van der Waals surface area contributed by atoms with Crippen molar-refractivity contribution in [2.24, 2.45) is 5.92 Å². The molecule has 0 radical (unpaired) electrons. The summed E-state index contributed by atoms with van der Waals surface area (Å²) in [4.78, 5) is 29.7. The van der Waals surface area contributed by atoms with E-state index in [-0.39, 0.29) is 5.91 Å². The predicted octanol–water partition coefficient (Wildman–Crippen LogP) is 2.35. The second-order valence-corrected chi connectivity index (χ2v) is 7.13. The zero-order valence-corrected chi connectivity index (χ0v) is 15.6. The van der Waals surface area contributed by atoms with Gasteiger partial charge in [0.05, 0.1) is 5.69 Å². The highest BCUT2D eigenvalue weighted by atomic mass is 16.2. The van der Waals surface area contributed by atoms with Gasteiger partial charge in [-0.2, -0.15) is 0 Å². The van der Waals surface area contributed by atoms with Gasteiger partial charge in [-0.25, -0.2) is 4.98 Å². The fraction of sp³-hybridized carbons (Fsp3) is 0.500. The lowest BCUT2D eigenvalue weighted by Gasteiger charge is -2.33. The highest BCUT2D eigenvalue weighted by molar-refractivity contribution is 5.76. The van der Waals surface area contributed by atoms with E-state index < -0.39 is 0 Å². The largest absolute Gasteiger partial charge is 0.361 e. The quantitative estimate of drug-likeness (QED) is 0.798. The summed E-state index contributed by atoms with van der Waals surface area (Å²) >= 11 is 0. The van der Waals surface area contributed by atoms with Gasteiger partial charge in [-0.1, -0.05) is 6.07 Å². The summed E-state index contributed by atoms with van der Waals surface area (Å²) in [5.74, 6) is 1.61. The Kier molecular flexibility index (Phi) is 6.15. The van der Waals surface area contributed by atoms with Crippen LogP contribution in [0.3, 0.4) is 0 Å². The van der Waals surface area contributed by atoms with Crippen molar-refractivity contribution in [1.82, 2.24) is 19.9 Å². The monoisotopic (exact) mass is 353 g/mol. The number of rotatable bonds is 6. The Morgan fingerprint density at radius 1 is 1.27 bits per heavy atom. The van der Waals surface area contributed by atoms with E-state index in [1.807, 2.05) is 42.2 Å². The molecule has 1 atom stereocenters. The van der Waals surface area contributed by atoms with Crippen LogP contribution in [0.4, 0.5) is 5.82 Å². The number of carbonyl (C=O) groups is 1. The smallest absolute Gasteiger partial charge is 0.222 e. The third-order valence-electron chi connectivity index (χ3n) is 4.88. The number of hydrogen-bond donors (Lipinski definition) is 0. The molecule has 0 N–H and O–H groups in total. The van der Waals surface area contributed by atoms with E-state index in [4.69, 9.17) is 0 Å². The third-order valence-corrected chi connectivity index (χ3v) is 4.88. The van der Waals surface area contributed by atoms with Gasteiger partial charge >= 0.3 is 0 Å². The topological polar surface area (TPSA) is 62.2 Å². The van der Waals surface area contributed by atoms with Crippen LogP contribution in [-0.4, -0.2) is 52.9 Å². The molecular formula is C20H27N5O. The molecule has 6 heteroatoms. The number of amides is 1. The van der Waals surface area contributed by atoms with Crippen molar-refractivity contribution >= 4 is 11.7 Å². The van der Waals surface area contributed by atoms with E-state index in [9.17, 15) is 4.79 Å². The molecule has 0 unspecified atom stereocenters. The molecule has 1 aliphatic rings. The van der Waals surface area contributed by atoms with Crippen LogP contribution >= 0.6 is 0 Å². The minimum absolute atomic E-state index is 0.241. The van der Waals surface area contributed by atoms with Crippen molar-refractivity contribution in [3.63, 3.8) is 0 Å². The van der Waals surface area contributed by atoms with Gasteiger partial charge in [0.15, 0.2) is 0 Å². The Labute approximate surface area is 155 Å². The number of anilines is 1. The predicted molar refractivity (Wildman–Crippen MR) is 102 cm³/mol. The molecule has 26 heavy (non-hydrogen) atoms. The molecule has 138 valence electrons. The van der Waals surface area contributed by atoms with E-state index in [1.165, 1.54) is 0 Å². The van der Waals surface area contributed by atoms with Gasteiger partial charge in [0, 0.05) is 58.4 Å². The highest BCUT2D eigenvalue weighted by Crippen LogP contribution is 2.24. The number of aromatic nitrogens is 3. The fourth-order valence-electron chi connectivity index (χ4n) is 3.56. The third kappa shape index (κ3) is 4.77. The van der Waals surface area contributed by atoms with Crippen LogP contribution in [0.2, 0.25) is 0 Å². The second kappa shape index (κ2) is 8.74. The van der Waals surface area contributed by atoms with Gasteiger partial charge in [-0.05, 0) is 43.2 Å². The maximum atomic E-state index is 12.6. The van der Waals surface area contributed by atoms with Crippen LogP contribution in [0.25, 0.3) is 0 Å². The molecule has 6 nitrogen and oxygen atoms in total. The molecule has 0 spiro atoms. The molecular weight excluding hydrogens is 326 g/mol. The maximum Gasteiger partial charge on any atom is 0.222 e. The van der Waals surface area contributed by atoms with Crippen LogP contribution in [-0.2, 0) is 17.6 Å². The van der Waals surface area contributed by atoms with Crippen molar-refractivity contribution in [3.05, 3.63) is 48.2 Å². The lowest BCUT2D eigenvalue weighted by molar-refractivity contribution is -0.133. The first-order valence-corrected chi connectivity index (χ1v) is 9.27. The summed E-state index contributed by atoms with van der Waals surface area (Å²) in [6, 6.07) is 3.94. The average molecular weight is 353 g/mol. The Morgan fingerprint density at radius 3 is 2.88 bits per heavy atom. The van der Waals surface area contributed by atoms with Crippen LogP contribution in [0.5, 0.6) is 0 Å². The molecule has 1 fully saturated rings. The number of pyridine rings is 1.